The summed E-state index contributed by atoms with van der Waals surface area (Å²) >= 11 is 0.865. The average Bonchev–Trinajstić information content (AvgIpc) is 1.61. The van der Waals surface area contributed by atoms with Crippen LogP contribution in [-0.2, 0) is 0 Å². The van der Waals surface area contributed by atoms with Crippen LogP contribution in [0.1, 0.15) is 0 Å². The Hall–Kier alpha value is 0.479. The summed E-state index contributed by atoms with van der Waals surface area (Å²) in [5, 5.41) is 1.39. The van der Waals surface area contributed by atoms with E-state index in [1.54, 1.807) is 0 Å². The van der Waals surface area contributed by atoms with Gasteiger partial charge in [-0.15, -0.1) is 0 Å². The molecule has 0 bridgehead atoms. The maximum absolute atomic E-state index is 2.27. The standard InChI is InChI=1S/C5H13NSe/c1-6(2)4-5-7-3/h4-5H2,1-3H3. The first-order valence-corrected chi connectivity index (χ1v) is 5.33. The molecule has 0 unspecified atom stereocenters. The summed E-state index contributed by atoms with van der Waals surface area (Å²) in [6.07, 6.45) is 0. The molecule has 1 nitrogen and oxygen atoms in total. The van der Waals surface area contributed by atoms with Gasteiger partial charge >= 0.3 is 51.6 Å². The molecule has 0 rings (SSSR count). The van der Waals surface area contributed by atoms with E-state index in [4.69, 9.17) is 0 Å². The molecule has 0 saturated carbocycles. The molecule has 0 aliphatic rings. The van der Waals surface area contributed by atoms with Crippen molar-refractivity contribution in [2.24, 2.45) is 0 Å². The predicted molar refractivity (Wildman–Crippen MR) is 35.0 cm³/mol. The zero-order valence-corrected chi connectivity index (χ0v) is 6.98. The van der Waals surface area contributed by atoms with E-state index in [2.05, 4.69) is 24.8 Å². The quantitative estimate of drug-likeness (QED) is 0.558. The van der Waals surface area contributed by atoms with Crippen molar-refractivity contribution >= 4 is 15.0 Å². The van der Waals surface area contributed by atoms with Crippen molar-refractivity contribution in [3.63, 3.8) is 0 Å². The van der Waals surface area contributed by atoms with Crippen molar-refractivity contribution in [2.75, 3.05) is 20.6 Å². The second-order valence-electron chi connectivity index (χ2n) is 1.80. The Morgan fingerprint density at radius 2 is 2.00 bits per heavy atom. The van der Waals surface area contributed by atoms with Crippen LogP contribution in [-0.4, -0.2) is 40.5 Å². The molecule has 0 aromatic heterocycles. The molecule has 0 amide bonds. The molecular weight excluding hydrogens is 153 g/mol. The summed E-state index contributed by atoms with van der Waals surface area (Å²) in [4.78, 5) is 2.23. The molecule has 7 heavy (non-hydrogen) atoms. The number of hydrogen-bond donors (Lipinski definition) is 0. The molecule has 0 aliphatic heterocycles. The van der Waals surface area contributed by atoms with E-state index in [-0.39, 0.29) is 0 Å². The zero-order valence-electron chi connectivity index (χ0n) is 5.27. The molecular formula is C5H13NSe. The molecule has 0 N–H and O–H groups in total. The first-order chi connectivity index (χ1) is 3.27. The molecule has 2 heteroatoms. The van der Waals surface area contributed by atoms with Crippen LogP contribution in [0.3, 0.4) is 0 Å². The van der Waals surface area contributed by atoms with Gasteiger partial charge in [0.1, 0.15) is 0 Å². The van der Waals surface area contributed by atoms with Crippen LogP contribution in [0.2, 0.25) is 11.1 Å². The van der Waals surface area contributed by atoms with Gasteiger partial charge in [0.25, 0.3) is 0 Å². The Morgan fingerprint density at radius 3 is 2.14 bits per heavy atom. The summed E-state index contributed by atoms with van der Waals surface area (Å²) in [5.74, 6) is 2.27. The van der Waals surface area contributed by atoms with Crippen LogP contribution < -0.4 is 0 Å². The van der Waals surface area contributed by atoms with Gasteiger partial charge in [0.05, 0.1) is 0 Å². The fourth-order valence-corrected chi connectivity index (χ4v) is 1.42. The van der Waals surface area contributed by atoms with Gasteiger partial charge in [-0.2, -0.15) is 0 Å². The van der Waals surface area contributed by atoms with Crippen molar-refractivity contribution in [3.8, 4) is 0 Å². The van der Waals surface area contributed by atoms with Crippen LogP contribution in [0.5, 0.6) is 0 Å². The van der Waals surface area contributed by atoms with E-state index >= 15 is 0 Å². The van der Waals surface area contributed by atoms with Crippen LogP contribution in [0.4, 0.5) is 0 Å². The molecule has 0 radical (unpaired) electrons. The van der Waals surface area contributed by atoms with Gasteiger partial charge in [0.15, 0.2) is 0 Å². The third-order valence-electron chi connectivity index (χ3n) is 0.743. The van der Waals surface area contributed by atoms with Gasteiger partial charge in [-0.3, -0.25) is 0 Å². The van der Waals surface area contributed by atoms with Crippen LogP contribution in [0, 0.1) is 0 Å². The molecule has 0 saturated heterocycles. The molecule has 0 aromatic rings. The first kappa shape index (κ1) is 7.48. The zero-order chi connectivity index (χ0) is 5.70. The van der Waals surface area contributed by atoms with Crippen LogP contribution in [0.25, 0.3) is 0 Å². The summed E-state index contributed by atoms with van der Waals surface area (Å²) < 4.78 is 0. The van der Waals surface area contributed by atoms with E-state index in [0.717, 1.165) is 15.0 Å². The van der Waals surface area contributed by atoms with E-state index in [1.165, 1.54) is 11.9 Å². The number of nitrogens with zero attached hydrogens (tertiary/aromatic N) is 1. The Bertz CT molecular complexity index is 37.1. The molecule has 0 aromatic carbocycles. The second kappa shape index (κ2) is 4.63. The Kier molecular flexibility index (Phi) is 4.95. The van der Waals surface area contributed by atoms with Crippen molar-refractivity contribution in [3.05, 3.63) is 0 Å². The molecule has 0 atom stereocenters. The van der Waals surface area contributed by atoms with Gasteiger partial charge in [-0.25, -0.2) is 0 Å². The fourth-order valence-electron chi connectivity index (χ4n) is 0.274. The number of hydrogen-bond acceptors (Lipinski definition) is 1. The third kappa shape index (κ3) is 6.48. The van der Waals surface area contributed by atoms with Gasteiger partial charge < -0.3 is 0 Å². The monoisotopic (exact) mass is 167 g/mol. The molecule has 0 fully saturated rings. The van der Waals surface area contributed by atoms with E-state index in [1.807, 2.05) is 0 Å². The maximum atomic E-state index is 2.27. The van der Waals surface area contributed by atoms with E-state index < -0.39 is 0 Å². The third-order valence-corrected chi connectivity index (χ3v) is 1.98. The summed E-state index contributed by atoms with van der Waals surface area (Å²) in [7, 11) is 4.23. The fraction of sp³-hybridized carbons (Fsp3) is 1.00. The topological polar surface area (TPSA) is 3.24 Å². The van der Waals surface area contributed by atoms with Crippen molar-refractivity contribution in [1.82, 2.24) is 4.90 Å². The SMILES string of the molecule is C[Se]CCN(C)C. The molecule has 0 aliphatic carbocycles. The van der Waals surface area contributed by atoms with Crippen molar-refractivity contribution in [2.45, 2.75) is 11.1 Å². The van der Waals surface area contributed by atoms with Gasteiger partial charge in [0, 0.05) is 0 Å². The van der Waals surface area contributed by atoms with Gasteiger partial charge in [-0.05, 0) is 0 Å². The normalized spacial score (nSPS) is 10.3. The molecule has 44 valence electrons. The second-order valence-corrected chi connectivity index (χ2v) is 3.86. The Balaban J connectivity index is 2.68. The molecule has 0 spiro atoms. The van der Waals surface area contributed by atoms with E-state index in [0.29, 0.717) is 0 Å². The molecule has 0 heterocycles. The number of rotatable bonds is 3. The predicted octanol–water partition coefficient (Wildman–Crippen LogP) is 0.719. The Labute approximate surface area is 52.2 Å². The van der Waals surface area contributed by atoms with Crippen LogP contribution in [0.15, 0.2) is 0 Å². The van der Waals surface area contributed by atoms with Crippen molar-refractivity contribution in [1.29, 1.82) is 0 Å². The average molecular weight is 166 g/mol. The summed E-state index contributed by atoms with van der Waals surface area (Å²) in [5.41, 5.74) is 0. The minimum absolute atomic E-state index is 0.865. The van der Waals surface area contributed by atoms with Gasteiger partial charge in [0.2, 0.25) is 0 Å². The minimum atomic E-state index is 0.865. The summed E-state index contributed by atoms with van der Waals surface area (Å²) in [6.45, 7) is 1.26. The van der Waals surface area contributed by atoms with Gasteiger partial charge in [-0.1, -0.05) is 0 Å². The van der Waals surface area contributed by atoms with E-state index in [9.17, 15) is 0 Å². The first-order valence-electron chi connectivity index (χ1n) is 2.41. The van der Waals surface area contributed by atoms with Crippen LogP contribution >= 0.6 is 0 Å². The van der Waals surface area contributed by atoms with Crippen molar-refractivity contribution < 1.29 is 0 Å². The Morgan fingerprint density at radius 1 is 1.43 bits per heavy atom. The summed E-state index contributed by atoms with van der Waals surface area (Å²) in [6, 6.07) is 0.